The Morgan fingerprint density at radius 3 is 2.29 bits per heavy atom. The van der Waals surface area contributed by atoms with Gasteiger partial charge in [-0.15, -0.1) is 0 Å². The fourth-order valence-electron chi connectivity index (χ4n) is 6.35. The average molecular weight is 477 g/mol. The van der Waals surface area contributed by atoms with Gasteiger partial charge >= 0.3 is 12.1 Å². The third-order valence-corrected chi connectivity index (χ3v) is 8.17. The standard InChI is InChI=1S/C28H32N2O5/c1-17(2)24(25(31)30-15-14-28(26(32)33)13-7-12-23(28)30)29-27(34)35-16-22-20-10-5-3-8-18(20)19-9-4-6-11-21(19)22/h3-6,8-11,17,22-24H,7,12-16H2,1-2H3,(H,29,34)(H,32,33)/t23?,24-,28?/m0/s1. The number of hydrogen-bond acceptors (Lipinski definition) is 4. The van der Waals surface area contributed by atoms with Gasteiger partial charge in [-0.3, -0.25) is 9.59 Å². The Hall–Kier alpha value is -3.35. The number of likely N-dealkylation sites (tertiary alicyclic amines) is 1. The van der Waals surface area contributed by atoms with Crippen LogP contribution in [0.2, 0.25) is 0 Å². The molecule has 1 heterocycles. The van der Waals surface area contributed by atoms with Crippen molar-refractivity contribution in [2.45, 2.75) is 57.5 Å². The van der Waals surface area contributed by atoms with Gasteiger partial charge in [-0.2, -0.15) is 0 Å². The summed E-state index contributed by atoms with van der Waals surface area (Å²) in [5, 5.41) is 12.6. The monoisotopic (exact) mass is 476 g/mol. The number of carbonyl (C=O) groups is 3. The van der Waals surface area contributed by atoms with Gasteiger partial charge in [0.25, 0.3) is 0 Å². The Labute approximate surface area is 205 Å². The zero-order valence-electron chi connectivity index (χ0n) is 20.2. The van der Waals surface area contributed by atoms with Crippen molar-refractivity contribution < 1.29 is 24.2 Å². The summed E-state index contributed by atoms with van der Waals surface area (Å²) in [5.74, 6) is -1.26. The van der Waals surface area contributed by atoms with Crippen LogP contribution in [0.5, 0.6) is 0 Å². The van der Waals surface area contributed by atoms with Crippen LogP contribution in [0.25, 0.3) is 11.1 Å². The first-order valence-electron chi connectivity index (χ1n) is 12.5. The minimum atomic E-state index is -0.846. The van der Waals surface area contributed by atoms with E-state index >= 15 is 0 Å². The molecule has 5 rings (SSSR count). The Morgan fingerprint density at radius 2 is 1.69 bits per heavy atom. The molecule has 2 aliphatic carbocycles. The van der Waals surface area contributed by atoms with Crippen molar-refractivity contribution in [1.29, 1.82) is 0 Å². The molecule has 0 bridgehead atoms. The van der Waals surface area contributed by atoms with Gasteiger partial charge in [0.15, 0.2) is 0 Å². The van der Waals surface area contributed by atoms with Crippen LogP contribution in [0.3, 0.4) is 0 Å². The van der Waals surface area contributed by atoms with Gasteiger partial charge in [-0.05, 0) is 47.4 Å². The molecule has 2 amide bonds. The molecule has 2 unspecified atom stereocenters. The average Bonchev–Trinajstić information content (AvgIpc) is 3.52. The number of rotatable bonds is 6. The molecule has 3 aliphatic rings. The number of carbonyl (C=O) groups excluding carboxylic acids is 2. The number of carboxylic acid groups (broad SMARTS) is 1. The number of fused-ring (bicyclic) bond motifs is 4. The summed E-state index contributed by atoms with van der Waals surface area (Å²) < 4.78 is 5.66. The normalized spacial score (nSPS) is 23.5. The summed E-state index contributed by atoms with van der Waals surface area (Å²) in [7, 11) is 0. The number of nitrogens with zero attached hydrogens (tertiary/aromatic N) is 1. The molecule has 1 saturated heterocycles. The van der Waals surface area contributed by atoms with E-state index in [0.29, 0.717) is 25.8 Å². The molecule has 0 aromatic heterocycles. The largest absolute Gasteiger partial charge is 0.481 e. The third kappa shape index (κ3) is 3.87. The zero-order valence-corrected chi connectivity index (χ0v) is 20.2. The number of carboxylic acids is 1. The Morgan fingerprint density at radius 1 is 1.06 bits per heavy atom. The molecule has 2 fully saturated rings. The van der Waals surface area contributed by atoms with Crippen LogP contribution in [0.4, 0.5) is 4.79 Å². The molecule has 7 heteroatoms. The summed E-state index contributed by atoms with van der Waals surface area (Å²) in [6.45, 7) is 4.33. The minimum absolute atomic E-state index is 0.0606. The predicted octanol–water partition coefficient (Wildman–Crippen LogP) is 4.41. The molecule has 1 saturated carbocycles. The molecule has 2 N–H and O–H groups in total. The molecule has 0 spiro atoms. The van der Waals surface area contributed by atoms with Crippen LogP contribution in [-0.4, -0.2) is 53.2 Å². The number of hydrogen-bond donors (Lipinski definition) is 2. The van der Waals surface area contributed by atoms with E-state index in [4.69, 9.17) is 4.74 Å². The maximum atomic E-state index is 13.5. The number of nitrogens with one attached hydrogen (secondary N) is 1. The Bertz CT molecular complexity index is 1120. The van der Waals surface area contributed by atoms with Gasteiger partial charge in [0.1, 0.15) is 12.6 Å². The first-order valence-corrected chi connectivity index (χ1v) is 12.5. The fraction of sp³-hybridized carbons (Fsp3) is 0.464. The number of ether oxygens (including phenoxy) is 1. The summed E-state index contributed by atoms with van der Waals surface area (Å²) in [6.07, 6.45) is 1.92. The van der Waals surface area contributed by atoms with Crippen molar-refractivity contribution in [3.63, 3.8) is 0 Å². The smallest absolute Gasteiger partial charge is 0.407 e. The molecule has 2 aromatic rings. The number of amides is 2. The Kier molecular flexibility index (Phi) is 6.03. The van der Waals surface area contributed by atoms with E-state index in [9.17, 15) is 19.5 Å². The first kappa shape index (κ1) is 23.4. The minimum Gasteiger partial charge on any atom is -0.481 e. The summed E-state index contributed by atoms with van der Waals surface area (Å²) in [5.41, 5.74) is 3.71. The van der Waals surface area contributed by atoms with E-state index in [2.05, 4.69) is 29.6 Å². The number of aliphatic carboxylic acids is 1. The van der Waals surface area contributed by atoms with E-state index in [1.807, 2.05) is 38.1 Å². The SMILES string of the molecule is CC(C)[C@H](NC(=O)OCC1c2ccccc2-c2ccccc21)C(=O)N1CCC2(C(=O)O)CCCC12. The lowest BCUT2D eigenvalue weighted by Crippen LogP contribution is -2.54. The second-order valence-electron chi connectivity index (χ2n) is 10.3. The molecule has 184 valence electrons. The van der Waals surface area contributed by atoms with Crippen molar-refractivity contribution in [3.8, 4) is 11.1 Å². The molecule has 0 radical (unpaired) electrons. The highest BCUT2D eigenvalue weighted by molar-refractivity contribution is 5.88. The molecule has 2 aromatic carbocycles. The molecule has 35 heavy (non-hydrogen) atoms. The van der Waals surface area contributed by atoms with E-state index < -0.39 is 23.5 Å². The van der Waals surface area contributed by atoms with E-state index in [-0.39, 0.29) is 30.4 Å². The molecular weight excluding hydrogens is 444 g/mol. The van der Waals surface area contributed by atoms with Crippen LogP contribution < -0.4 is 5.32 Å². The zero-order chi connectivity index (χ0) is 24.7. The highest BCUT2D eigenvalue weighted by Crippen LogP contribution is 2.49. The lowest BCUT2D eigenvalue weighted by Gasteiger charge is -2.32. The predicted molar refractivity (Wildman–Crippen MR) is 131 cm³/mol. The van der Waals surface area contributed by atoms with Gasteiger partial charge in [-0.25, -0.2) is 4.79 Å². The lowest BCUT2D eigenvalue weighted by molar-refractivity contribution is -0.150. The van der Waals surface area contributed by atoms with Crippen molar-refractivity contribution in [3.05, 3.63) is 59.7 Å². The van der Waals surface area contributed by atoms with Crippen molar-refractivity contribution in [2.24, 2.45) is 11.3 Å². The van der Waals surface area contributed by atoms with Crippen LogP contribution in [-0.2, 0) is 14.3 Å². The molecule has 1 aliphatic heterocycles. The second kappa shape index (κ2) is 9.02. The molecule has 7 nitrogen and oxygen atoms in total. The molecular formula is C28H32N2O5. The van der Waals surface area contributed by atoms with E-state index in [1.54, 1.807) is 4.90 Å². The van der Waals surface area contributed by atoms with Gasteiger partial charge < -0.3 is 20.1 Å². The fourth-order valence-corrected chi connectivity index (χ4v) is 6.35. The lowest BCUT2D eigenvalue weighted by atomic mass is 9.82. The van der Waals surface area contributed by atoms with Crippen molar-refractivity contribution >= 4 is 18.0 Å². The van der Waals surface area contributed by atoms with Gasteiger partial charge in [0, 0.05) is 18.5 Å². The first-order chi connectivity index (χ1) is 16.8. The van der Waals surface area contributed by atoms with E-state index in [1.165, 1.54) is 0 Å². The van der Waals surface area contributed by atoms with E-state index in [0.717, 1.165) is 28.7 Å². The quantitative estimate of drug-likeness (QED) is 0.644. The molecule has 3 atom stereocenters. The third-order valence-electron chi connectivity index (χ3n) is 8.17. The van der Waals surface area contributed by atoms with Crippen molar-refractivity contribution in [2.75, 3.05) is 13.2 Å². The summed E-state index contributed by atoms with van der Waals surface area (Å²) in [6, 6.07) is 15.2. The van der Waals surface area contributed by atoms with Crippen LogP contribution in [0, 0.1) is 11.3 Å². The highest BCUT2D eigenvalue weighted by atomic mass is 16.5. The van der Waals surface area contributed by atoms with Gasteiger partial charge in [-0.1, -0.05) is 68.8 Å². The number of alkyl carbamates (subject to hydrolysis) is 1. The second-order valence-corrected chi connectivity index (χ2v) is 10.3. The van der Waals surface area contributed by atoms with Crippen LogP contribution >= 0.6 is 0 Å². The summed E-state index contributed by atoms with van der Waals surface area (Å²) in [4.78, 5) is 40.0. The Balaban J connectivity index is 1.27. The van der Waals surface area contributed by atoms with Crippen LogP contribution in [0.1, 0.15) is 56.6 Å². The van der Waals surface area contributed by atoms with Gasteiger partial charge in [0.05, 0.1) is 5.41 Å². The van der Waals surface area contributed by atoms with Gasteiger partial charge in [0.2, 0.25) is 5.91 Å². The maximum Gasteiger partial charge on any atom is 0.407 e. The van der Waals surface area contributed by atoms with Crippen molar-refractivity contribution in [1.82, 2.24) is 10.2 Å². The maximum absolute atomic E-state index is 13.5. The van der Waals surface area contributed by atoms with Crippen LogP contribution in [0.15, 0.2) is 48.5 Å². The summed E-state index contributed by atoms with van der Waals surface area (Å²) >= 11 is 0. The number of benzene rings is 2. The highest BCUT2D eigenvalue weighted by Gasteiger charge is 2.57. The topological polar surface area (TPSA) is 95.9 Å².